The van der Waals surface area contributed by atoms with Crippen molar-refractivity contribution in [1.29, 1.82) is 0 Å². The van der Waals surface area contributed by atoms with Crippen LogP contribution in [-0.4, -0.2) is 15.0 Å². The number of hydrogen-bond donors (Lipinski definition) is 0. The molecule has 0 unspecified atom stereocenters. The zero-order valence-corrected chi connectivity index (χ0v) is 31.5. The van der Waals surface area contributed by atoms with E-state index in [1.165, 1.54) is 48.7 Å². The van der Waals surface area contributed by atoms with Gasteiger partial charge in [-0.25, -0.2) is 9.97 Å². The molecule has 0 amide bonds. The highest BCUT2D eigenvalue weighted by atomic mass is 14.9. The molecule has 11 rings (SSSR count). The third kappa shape index (κ3) is 6.07. The van der Waals surface area contributed by atoms with Gasteiger partial charge >= 0.3 is 0 Å². The lowest BCUT2D eigenvalue weighted by Gasteiger charge is -2.13. The molecule has 0 N–H and O–H groups in total. The van der Waals surface area contributed by atoms with E-state index in [0.717, 1.165) is 55.9 Å². The second-order valence-electron chi connectivity index (χ2n) is 14.9. The maximum Gasteiger partial charge on any atom is 0.160 e. The maximum atomic E-state index is 5.30. The minimum atomic E-state index is 0.675. The number of hydrogen-bond acceptors (Lipinski definition) is 3. The summed E-state index contributed by atoms with van der Waals surface area (Å²) in [5.41, 5.74) is 11.5. The molecule has 11 aromatic rings. The number of pyridine rings is 1. The van der Waals surface area contributed by atoms with E-state index in [-0.39, 0.29) is 0 Å². The van der Waals surface area contributed by atoms with Crippen LogP contribution >= 0.6 is 0 Å². The van der Waals surface area contributed by atoms with Gasteiger partial charge < -0.3 is 0 Å². The van der Waals surface area contributed by atoms with Crippen LogP contribution in [0.5, 0.6) is 0 Å². The molecule has 0 fully saturated rings. The Morgan fingerprint density at radius 2 is 0.724 bits per heavy atom. The Bertz CT molecular complexity index is 3310. The summed E-state index contributed by atoms with van der Waals surface area (Å²) in [5.74, 6) is 0.675. The Balaban J connectivity index is 1.05. The van der Waals surface area contributed by atoms with Crippen LogP contribution in [-0.2, 0) is 0 Å². The fraction of sp³-hybridized carbons (Fsp3) is 0. The maximum absolute atomic E-state index is 5.30. The molecular formula is C55H35N3. The predicted molar refractivity (Wildman–Crippen MR) is 242 cm³/mol. The molecule has 2 heterocycles. The van der Waals surface area contributed by atoms with Gasteiger partial charge in [-0.05, 0) is 113 Å². The van der Waals surface area contributed by atoms with Crippen molar-refractivity contribution in [3.8, 4) is 67.3 Å². The second-order valence-corrected chi connectivity index (χ2v) is 14.9. The molecule has 0 saturated carbocycles. The molecule has 58 heavy (non-hydrogen) atoms. The van der Waals surface area contributed by atoms with Gasteiger partial charge in [0, 0.05) is 34.6 Å². The minimum absolute atomic E-state index is 0.675. The standard InChI is InChI=1S/C55H35N3/c1-2-12-37-29-41(25-24-36(37)11-1)38-13-7-16-43(30-38)53-34-54(44-17-8-15-40(31-44)46-19-10-28-56-35-46)58-55(57-53)45-18-9-14-39(32-45)42-26-27-51-49-22-4-3-20-47(49)48-21-5-6-23-50(48)52(51)33-42/h1-35H. The van der Waals surface area contributed by atoms with Crippen molar-refractivity contribution in [3.05, 3.63) is 213 Å². The molecule has 0 aliphatic carbocycles. The molecule has 0 saturated heterocycles. The summed E-state index contributed by atoms with van der Waals surface area (Å²) in [6, 6.07) is 71.5. The van der Waals surface area contributed by atoms with Crippen LogP contribution < -0.4 is 0 Å². The van der Waals surface area contributed by atoms with Gasteiger partial charge in [-0.1, -0.05) is 158 Å². The van der Waals surface area contributed by atoms with E-state index in [0.29, 0.717) is 5.82 Å². The molecule has 2 aromatic heterocycles. The average Bonchev–Trinajstić information content (AvgIpc) is 3.31. The molecule has 3 nitrogen and oxygen atoms in total. The van der Waals surface area contributed by atoms with Crippen molar-refractivity contribution >= 4 is 43.1 Å². The smallest absolute Gasteiger partial charge is 0.160 e. The van der Waals surface area contributed by atoms with Crippen molar-refractivity contribution in [2.24, 2.45) is 0 Å². The van der Waals surface area contributed by atoms with E-state index in [1.54, 1.807) is 6.20 Å². The Morgan fingerprint density at radius 1 is 0.259 bits per heavy atom. The van der Waals surface area contributed by atoms with Crippen LogP contribution in [0.1, 0.15) is 0 Å². The van der Waals surface area contributed by atoms with Crippen molar-refractivity contribution in [1.82, 2.24) is 15.0 Å². The fourth-order valence-corrected chi connectivity index (χ4v) is 8.42. The van der Waals surface area contributed by atoms with Crippen LogP contribution in [0.15, 0.2) is 213 Å². The van der Waals surface area contributed by atoms with Crippen LogP contribution in [0.25, 0.3) is 110 Å². The molecule has 0 aliphatic rings. The van der Waals surface area contributed by atoms with E-state index < -0.39 is 0 Å². The largest absolute Gasteiger partial charge is 0.264 e. The lowest BCUT2D eigenvalue weighted by Crippen LogP contribution is -1.96. The van der Waals surface area contributed by atoms with Crippen LogP contribution in [0.2, 0.25) is 0 Å². The first-order valence-corrected chi connectivity index (χ1v) is 19.7. The number of aromatic nitrogens is 3. The SMILES string of the molecule is c1cncc(-c2cccc(-c3cc(-c4cccc(-c5ccc6ccccc6c5)c4)nc(-c4cccc(-c5ccc6c7ccccc7c7ccccc7c6c5)c4)n3)c2)c1. The molecule has 9 aromatic carbocycles. The molecule has 3 heteroatoms. The first-order valence-electron chi connectivity index (χ1n) is 19.7. The number of nitrogens with zero attached hydrogens (tertiary/aromatic N) is 3. The topological polar surface area (TPSA) is 38.7 Å². The summed E-state index contributed by atoms with van der Waals surface area (Å²) in [5, 5.41) is 10.0. The van der Waals surface area contributed by atoms with Gasteiger partial charge in [0.1, 0.15) is 0 Å². The van der Waals surface area contributed by atoms with Gasteiger partial charge in [0.2, 0.25) is 0 Å². The summed E-state index contributed by atoms with van der Waals surface area (Å²) < 4.78 is 0. The molecule has 0 atom stereocenters. The van der Waals surface area contributed by atoms with E-state index in [1.807, 2.05) is 12.3 Å². The highest BCUT2D eigenvalue weighted by Crippen LogP contribution is 2.38. The van der Waals surface area contributed by atoms with Crippen LogP contribution in [0.4, 0.5) is 0 Å². The first-order chi connectivity index (χ1) is 28.7. The fourth-order valence-electron chi connectivity index (χ4n) is 8.42. The van der Waals surface area contributed by atoms with Gasteiger partial charge in [-0.15, -0.1) is 0 Å². The number of fused-ring (bicyclic) bond motifs is 7. The molecule has 0 radical (unpaired) electrons. The molecule has 0 spiro atoms. The van der Waals surface area contributed by atoms with Crippen LogP contribution in [0.3, 0.4) is 0 Å². The highest BCUT2D eigenvalue weighted by Gasteiger charge is 2.15. The van der Waals surface area contributed by atoms with E-state index in [4.69, 9.17) is 9.97 Å². The predicted octanol–water partition coefficient (Wildman–Crippen LogP) is 14.5. The molecule has 270 valence electrons. The van der Waals surface area contributed by atoms with Crippen molar-refractivity contribution < 1.29 is 0 Å². The first kappa shape index (κ1) is 33.6. The van der Waals surface area contributed by atoms with Gasteiger partial charge in [0.25, 0.3) is 0 Å². The quantitative estimate of drug-likeness (QED) is 0.160. The lowest BCUT2D eigenvalue weighted by molar-refractivity contribution is 1.18. The Morgan fingerprint density at radius 3 is 1.36 bits per heavy atom. The lowest BCUT2D eigenvalue weighted by atomic mass is 9.92. The van der Waals surface area contributed by atoms with Gasteiger partial charge in [0.15, 0.2) is 5.82 Å². The van der Waals surface area contributed by atoms with Gasteiger partial charge in [-0.2, -0.15) is 0 Å². The van der Waals surface area contributed by atoms with Crippen LogP contribution in [0, 0.1) is 0 Å². The Labute approximate surface area is 336 Å². The van der Waals surface area contributed by atoms with Crippen molar-refractivity contribution in [2.75, 3.05) is 0 Å². The van der Waals surface area contributed by atoms with Crippen molar-refractivity contribution in [2.45, 2.75) is 0 Å². The summed E-state index contributed by atoms with van der Waals surface area (Å²) in [7, 11) is 0. The Kier molecular flexibility index (Phi) is 8.15. The zero-order chi connectivity index (χ0) is 38.4. The summed E-state index contributed by atoms with van der Waals surface area (Å²) in [6.45, 7) is 0. The molecule has 0 aliphatic heterocycles. The Hall–Kier alpha value is -7.75. The highest BCUT2D eigenvalue weighted by molar-refractivity contribution is 6.25. The molecular weight excluding hydrogens is 703 g/mol. The summed E-state index contributed by atoms with van der Waals surface area (Å²) in [4.78, 5) is 15.0. The second kappa shape index (κ2) is 14.1. The normalized spacial score (nSPS) is 11.4. The van der Waals surface area contributed by atoms with E-state index in [9.17, 15) is 0 Å². The third-order valence-electron chi connectivity index (χ3n) is 11.3. The number of rotatable bonds is 6. The summed E-state index contributed by atoms with van der Waals surface area (Å²) >= 11 is 0. The summed E-state index contributed by atoms with van der Waals surface area (Å²) in [6.07, 6.45) is 3.70. The zero-order valence-electron chi connectivity index (χ0n) is 31.5. The number of benzene rings is 9. The van der Waals surface area contributed by atoms with Gasteiger partial charge in [-0.3, -0.25) is 4.98 Å². The van der Waals surface area contributed by atoms with Crippen molar-refractivity contribution in [3.63, 3.8) is 0 Å². The van der Waals surface area contributed by atoms with E-state index in [2.05, 4.69) is 199 Å². The monoisotopic (exact) mass is 737 g/mol. The van der Waals surface area contributed by atoms with Gasteiger partial charge in [0.05, 0.1) is 11.4 Å². The average molecular weight is 738 g/mol. The minimum Gasteiger partial charge on any atom is -0.264 e. The third-order valence-corrected chi connectivity index (χ3v) is 11.3. The van der Waals surface area contributed by atoms with E-state index >= 15 is 0 Å². The molecule has 0 bridgehead atoms.